The van der Waals surface area contributed by atoms with E-state index < -0.39 is 0 Å². The van der Waals surface area contributed by atoms with Gasteiger partial charge in [0.2, 0.25) is 0 Å². The molecule has 2 aromatic carbocycles. The Balaban J connectivity index is 1.88. The maximum Gasteiger partial charge on any atom is 0.315 e. The van der Waals surface area contributed by atoms with Gasteiger partial charge in [0.1, 0.15) is 0 Å². The van der Waals surface area contributed by atoms with Gasteiger partial charge >= 0.3 is 6.03 Å². The second kappa shape index (κ2) is 9.22. The molecule has 1 atom stereocenters. The largest absolute Gasteiger partial charge is 0.396 e. The highest BCUT2D eigenvalue weighted by atomic mass is 32.2. The Hall–Kier alpha value is -1.98. The van der Waals surface area contributed by atoms with Crippen LogP contribution >= 0.6 is 11.8 Å². The molecule has 2 rings (SSSR count). The third-order valence-corrected chi connectivity index (χ3v) is 4.28. The van der Waals surface area contributed by atoms with Crippen molar-refractivity contribution in [1.82, 2.24) is 10.6 Å². The molecule has 122 valence electrons. The Labute approximate surface area is 141 Å². The monoisotopic (exact) mass is 330 g/mol. The zero-order valence-electron chi connectivity index (χ0n) is 13.2. The molecule has 0 spiro atoms. The lowest BCUT2D eigenvalue weighted by atomic mass is 10.0. The molecule has 23 heavy (non-hydrogen) atoms. The fourth-order valence-electron chi connectivity index (χ4n) is 2.27. The fourth-order valence-corrected chi connectivity index (χ4v) is 2.68. The van der Waals surface area contributed by atoms with Gasteiger partial charge in [0.15, 0.2) is 0 Å². The zero-order valence-corrected chi connectivity index (χ0v) is 14.0. The summed E-state index contributed by atoms with van der Waals surface area (Å²) in [5.74, 6) is 0. The molecule has 0 heterocycles. The summed E-state index contributed by atoms with van der Waals surface area (Å²) in [5.41, 5.74) is 2.04. The molecular formula is C18H22N2O2S. The highest BCUT2D eigenvalue weighted by Crippen LogP contribution is 2.16. The SMILES string of the molecule is CSc1ccc(CNC(=O)N[C@H](CCO)c2ccccc2)cc1. The van der Waals surface area contributed by atoms with Crippen molar-refractivity contribution >= 4 is 17.8 Å². The number of hydrogen-bond donors (Lipinski definition) is 3. The minimum absolute atomic E-state index is 0.0238. The molecular weight excluding hydrogens is 308 g/mol. The number of thioether (sulfide) groups is 1. The zero-order chi connectivity index (χ0) is 16.5. The molecule has 0 unspecified atom stereocenters. The topological polar surface area (TPSA) is 61.4 Å². The van der Waals surface area contributed by atoms with Gasteiger partial charge in [-0.15, -0.1) is 11.8 Å². The number of hydrogen-bond acceptors (Lipinski definition) is 3. The Kier molecular flexibility index (Phi) is 6.97. The van der Waals surface area contributed by atoms with Gasteiger partial charge in [-0.1, -0.05) is 42.5 Å². The summed E-state index contributed by atoms with van der Waals surface area (Å²) in [5, 5.41) is 15.0. The number of aliphatic hydroxyl groups excluding tert-OH is 1. The van der Waals surface area contributed by atoms with E-state index in [1.54, 1.807) is 11.8 Å². The van der Waals surface area contributed by atoms with Crippen LogP contribution in [0.1, 0.15) is 23.6 Å². The Morgan fingerprint density at radius 1 is 1.13 bits per heavy atom. The number of carbonyl (C=O) groups is 1. The van der Waals surface area contributed by atoms with Gasteiger partial charge in [0.05, 0.1) is 6.04 Å². The Morgan fingerprint density at radius 2 is 1.83 bits per heavy atom. The van der Waals surface area contributed by atoms with Gasteiger partial charge in [-0.05, 0) is 35.9 Å². The molecule has 0 aliphatic carbocycles. The van der Waals surface area contributed by atoms with Crippen molar-refractivity contribution in [3.63, 3.8) is 0 Å². The summed E-state index contributed by atoms with van der Waals surface area (Å²) in [6.07, 6.45) is 2.52. The molecule has 0 aromatic heterocycles. The van der Waals surface area contributed by atoms with E-state index in [0.29, 0.717) is 13.0 Å². The van der Waals surface area contributed by atoms with Crippen LogP contribution in [0.15, 0.2) is 59.5 Å². The van der Waals surface area contributed by atoms with Gasteiger partial charge in [-0.2, -0.15) is 0 Å². The lowest BCUT2D eigenvalue weighted by Gasteiger charge is -2.18. The van der Waals surface area contributed by atoms with Crippen LogP contribution in [-0.4, -0.2) is 24.0 Å². The molecule has 0 aliphatic heterocycles. The lowest BCUT2D eigenvalue weighted by Crippen LogP contribution is -2.37. The predicted octanol–water partition coefficient (Wildman–Crippen LogP) is 3.33. The number of benzene rings is 2. The maximum absolute atomic E-state index is 12.1. The van der Waals surface area contributed by atoms with E-state index in [9.17, 15) is 9.90 Å². The van der Waals surface area contributed by atoms with Crippen LogP contribution in [0.4, 0.5) is 4.79 Å². The first-order chi connectivity index (χ1) is 11.2. The fraction of sp³-hybridized carbons (Fsp3) is 0.278. The number of rotatable bonds is 7. The van der Waals surface area contributed by atoms with Crippen molar-refractivity contribution in [2.75, 3.05) is 12.9 Å². The number of carbonyl (C=O) groups excluding carboxylic acids is 1. The van der Waals surface area contributed by atoms with E-state index >= 15 is 0 Å². The average Bonchev–Trinajstić information content (AvgIpc) is 2.61. The third kappa shape index (κ3) is 5.62. The van der Waals surface area contributed by atoms with E-state index in [4.69, 9.17) is 0 Å². The normalized spacial score (nSPS) is 11.7. The molecule has 0 bridgehead atoms. The van der Waals surface area contributed by atoms with Crippen LogP contribution in [0.25, 0.3) is 0 Å². The van der Waals surface area contributed by atoms with Gasteiger partial charge in [-0.3, -0.25) is 0 Å². The quantitative estimate of drug-likeness (QED) is 0.683. The molecule has 5 heteroatoms. The Morgan fingerprint density at radius 3 is 2.43 bits per heavy atom. The molecule has 0 saturated carbocycles. The smallest absolute Gasteiger partial charge is 0.315 e. The van der Waals surface area contributed by atoms with E-state index in [1.807, 2.05) is 60.9 Å². The summed E-state index contributed by atoms with van der Waals surface area (Å²) in [6, 6.07) is 17.3. The van der Waals surface area contributed by atoms with Crippen molar-refractivity contribution in [1.29, 1.82) is 0 Å². The molecule has 0 radical (unpaired) electrons. The van der Waals surface area contributed by atoms with Crippen molar-refractivity contribution in [2.24, 2.45) is 0 Å². The molecule has 2 aromatic rings. The molecule has 0 saturated heterocycles. The van der Waals surface area contributed by atoms with Crippen LogP contribution in [-0.2, 0) is 6.54 Å². The summed E-state index contributed by atoms with van der Waals surface area (Å²) in [6.45, 7) is 0.497. The lowest BCUT2D eigenvalue weighted by molar-refractivity contribution is 0.229. The highest BCUT2D eigenvalue weighted by Gasteiger charge is 2.13. The number of urea groups is 1. The number of amides is 2. The van der Waals surface area contributed by atoms with E-state index in [1.165, 1.54) is 4.90 Å². The number of nitrogens with one attached hydrogen (secondary N) is 2. The van der Waals surface area contributed by atoms with Crippen molar-refractivity contribution in [2.45, 2.75) is 23.9 Å². The first kappa shape index (κ1) is 17.4. The maximum atomic E-state index is 12.1. The number of aliphatic hydroxyl groups is 1. The summed E-state index contributed by atoms with van der Waals surface area (Å²) < 4.78 is 0. The van der Waals surface area contributed by atoms with Crippen molar-refractivity contribution < 1.29 is 9.90 Å². The molecule has 0 aliphatic rings. The summed E-state index contributed by atoms with van der Waals surface area (Å²) >= 11 is 1.69. The first-order valence-corrected chi connectivity index (χ1v) is 8.78. The van der Waals surface area contributed by atoms with E-state index in [2.05, 4.69) is 10.6 Å². The van der Waals surface area contributed by atoms with Crippen LogP contribution in [0.2, 0.25) is 0 Å². The standard InChI is InChI=1S/C18H22N2O2S/c1-23-16-9-7-14(8-10-16)13-19-18(22)20-17(11-12-21)15-5-3-2-4-6-15/h2-10,17,21H,11-13H2,1H3,(H2,19,20,22)/t17-/m1/s1. The van der Waals surface area contributed by atoms with Crippen molar-refractivity contribution in [3.8, 4) is 0 Å². The molecule has 3 N–H and O–H groups in total. The minimum atomic E-state index is -0.235. The summed E-state index contributed by atoms with van der Waals surface area (Å²) in [7, 11) is 0. The molecule has 4 nitrogen and oxygen atoms in total. The molecule has 2 amide bonds. The second-order valence-corrected chi connectivity index (χ2v) is 6.03. The highest BCUT2D eigenvalue weighted by molar-refractivity contribution is 7.98. The Bertz CT molecular complexity index is 602. The minimum Gasteiger partial charge on any atom is -0.396 e. The van der Waals surface area contributed by atoms with Crippen LogP contribution in [0.5, 0.6) is 0 Å². The second-order valence-electron chi connectivity index (χ2n) is 5.15. The average molecular weight is 330 g/mol. The van der Waals surface area contributed by atoms with Crippen LogP contribution < -0.4 is 10.6 Å². The van der Waals surface area contributed by atoms with Gasteiger partial charge in [-0.25, -0.2) is 4.79 Å². The van der Waals surface area contributed by atoms with Gasteiger partial charge in [0.25, 0.3) is 0 Å². The predicted molar refractivity (Wildman–Crippen MR) is 94.5 cm³/mol. The van der Waals surface area contributed by atoms with Crippen molar-refractivity contribution in [3.05, 3.63) is 65.7 Å². The van der Waals surface area contributed by atoms with E-state index in [0.717, 1.165) is 11.1 Å². The van der Waals surface area contributed by atoms with Gasteiger partial charge in [0, 0.05) is 18.0 Å². The van der Waals surface area contributed by atoms with Crippen LogP contribution in [0, 0.1) is 0 Å². The first-order valence-electron chi connectivity index (χ1n) is 7.56. The summed E-state index contributed by atoms with van der Waals surface area (Å²) in [4.78, 5) is 13.3. The van der Waals surface area contributed by atoms with Gasteiger partial charge < -0.3 is 15.7 Å². The van der Waals surface area contributed by atoms with Crippen LogP contribution in [0.3, 0.4) is 0 Å². The molecule has 0 fully saturated rings. The van der Waals surface area contributed by atoms with E-state index in [-0.39, 0.29) is 18.7 Å². The third-order valence-electron chi connectivity index (χ3n) is 3.54.